The monoisotopic (exact) mass is 259 g/mol. The Balaban J connectivity index is 1.81. The molecule has 1 aromatic carbocycles. The molecule has 1 saturated carbocycles. The van der Waals surface area contributed by atoms with Crippen LogP contribution < -0.4 is 16.0 Å². The first-order chi connectivity index (χ1) is 9.06. The third-order valence-corrected chi connectivity index (χ3v) is 3.71. The number of nitrogens with zero attached hydrogens (tertiary/aromatic N) is 1. The first-order valence-electron chi connectivity index (χ1n) is 6.51. The fraction of sp³-hybridized carbons (Fsp3) is 0.429. The Labute approximate surface area is 111 Å². The predicted molar refractivity (Wildman–Crippen MR) is 71.7 cm³/mol. The van der Waals surface area contributed by atoms with Gasteiger partial charge >= 0.3 is 0 Å². The van der Waals surface area contributed by atoms with Crippen molar-refractivity contribution in [3.8, 4) is 0 Å². The molecule has 0 bridgehead atoms. The molecule has 0 radical (unpaired) electrons. The molecule has 2 amide bonds. The standard InChI is InChI=1S/C14H17N3O2/c15-14(4-5-14)7-10-2-1-3-11(6-10)17-9-12(18)16-8-13(17)19/h1-3,6H,4-5,7-9,15H2,(H,16,18). The summed E-state index contributed by atoms with van der Waals surface area (Å²) in [4.78, 5) is 24.8. The minimum absolute atomic E-state index is 0.0537. The van der Waals surface area contributed by atoms with Crippen LogP contribution in [0.2, 0.25) is 0 Å². The topological polar surface area (TPSA) is 75.4 Å². The van der Waals surface area contributed by atoms with Crippen molar-refractivity contribution in [1.29, 1.82) is 0 Å². The van der Waals surface area contributed by atoms with E-state index >= 15 is 0 Å². The van der Waals surface area contributed by atoms with Crippen LogP contribution in [0.3, 0.4) is 0 Å². The molecule has 1 aliphatic carbocycles. The van der Waals surface area contributed by atoms with E-state index in [2.05, 4.69) is 5.32 Å². The van der Waals surface area contributed by atoms with Crippen LogP contribution >= 0.6 is 0 Å². The van der Waals surface area contributed by atoms with Crippen LogP contribution in [0.4, 0.5) is 5.69 Å². The Morgan fingerprint density at radius 1 is 1.32 bits per heavy atom. The second kappa shape index (κ2) is 4.35. The molecule has 3 rings (SSSR count). The quantitative estimate of drug-likeness (QED) is 0.813. The van der Waals surface area contributed by atoms with E-state index in [4.69, 9.17) is 5.73 Å². The average molecular weight is 259 g/mol. The van der Waals surface area contributed by atoms with E-state index in [9.17, 15) is 9.59 Å². The number of piperazine rings is 1. The van der Waals surface area contributed by atoms with Crippen LogP contribution in [0.15, 0.2) is 24.3 Å². The van der Waals surface area contributed by atoms with Crippen molar-refractivity contribution >= 4 is 17.5 Å². The molecule has 1 aliphatic heterocycles. The maximum Gasteiger partial charge on any atom is 0.246 e. The Morgan fingerprint density at radius 3 is 2.84 bits per heavy atom. The summed E-state index contributed by atoms with van der Waals surface area (Å²) in [6, 6.07) is 7.75. The maximum absolute atomic E-state index is 11.8. The van der Waals surface area contributed by atoms with Crippen LogP contribution in [0.25, 0.3) is 0 Å². The lowest BCUT2D eigenvalue weighted by molar-refractivity contribution is -0.128. The van der Waals surface area contributed by atoms with Crippen molar-refractivity contribution in [2.45, 2.75) is 24.8 Å². The second-order valence-corrected chi connectivity index (χ2v) is 5.47. The fourth-order valence-corrected chi connectivity index (χ4v) is 2.37. The first kappa shape index (κ1) is 12.2. The molecule has 19 heavy (non-hydrogen) atoms. The summed E-state index contributed by atoms with van der Waals surface area (Å²) in [7, 11) is 0. The number of rotatable bonds is 3. The summed E-state index contributed by atoms with van der Waals surface area (Å²) in [5.74, 6) is -0.201. The van der Waals surface area contributed by atoms with Gasteiger partial charge in [-0.3, -0.25) is 9.59 Å². The third kappa shape index (κ3) is 2.61. The molecule has 0 atom stereocenters. The van der Waals surface area contributed by atoms with E-state index in [1.165, 1.54) is 4.90 Å². The molecule has 2 fully saturated rings. The number of benzene rings is 1. The van der Waals surface area contributed by atoms with Gasteiger partial charge in [-0.25, -0.2) is 0 Å². The lowest BCUT2D eigenvalue weighted by Crippen LogP contribution is -2.51. The number of carbonyl (C=O) groups excluding carboxylic acids is 2. The lowest BCUT2D eigenvalue weighted by Gasteiger charge is -2.27. The average Bonchev–Trinajstić information content (AvgIpc) is 3.10. The Kier molecular flexibility index (Phi) is 2.78. The van der Waals surface area contributed by atoms with E-state index in [0.29, 0.717) is 0 Å². The largest absolute Gasteiger partial charge is 0.345 e. The van der Waals surface area contributed by atoms with Crippen molar-refractivity contribution in [2.75, 3.05) is 18.0 Å². The van der Waals surface area contributed by atoms with Gasteiger partial charge in [0.25, 0.3) is 0 Å². The highest BCUT2D eigenvalue weighted by Crippen LogP contribution is 2.36. The molecule has 2 aliphatic rings. The van der Waals surface area contributed by atoms with Crippen LogP contribution in [-0.4, -0.2) is 30.4 Å². The van der Waals surface area contributed by atoms with Gasteiger partial charge in [0, 0.05) is 11.2 Å². The molecule has 3 N–H and O–H groups in total. The zero-order valence-corrected chi connectivity index (χ0v) is 10.7. The van der Waals surface area contributed by atoms with E-state index in [0.717, 1.165) is 30.5 Å². The fourth-order valence-electron chi connectivity index (χ4n) is 2.37. The summed E-state index contributed by atoms with van der Waals surface area (Å²) < 4.78 is 0. The normalized spacial score (nSPS) is 21.2. The van der Waals surface area contributed by atoms with Crippen molar-refractivity contribution in [3.63, 3.8) is 0 Å². The zero-order chi connectivity index (χ0) is 13.5. The SMILES string of the molecule is NC1(Cc2cccc(N3CC(=O)NCC3=O)c2)CC1. The van der Waals surface area contributed by atoms with Gasteiger partial charge in [-0.1, -0.05) is 12.1 Å². The van der Waals surface area contributed by atoms with Gasteiger partial charge in [0.1, 0.15) is 6.54 Å². The van der Waals surface area contributed by atoms with Gasteiger partial charge in [0.2, 0.25) is 11.8 Å². The molecule has 100 valence electrons. The highest BCUT2D eigenvalue weighted by molar-refractivity contribution is 6.04. The Bertz CT molecular complexity index is 537. The summed E-state index contributed by atoms with van der Waals surface area (Å²) in [5, 5.41) is 2.54. The molecule has 0 spiro atoms. The lowest BCUT2D eigenvalue weighted by atomic mass is 10.0. The van der Waals surface area contributed by atoms with Crippen LogP contribution in [0, 0.1) is 0 Å². The van der Waals surface area contributed by atoms with Gasteiger partial charge in [-0.05, 0) is 37.0 Å². The van der Waals surface area contributed by atoms with Crippen molar-refractivity contribution < 1.29 is 9.59 Å². The van der Waals surface area contributed by atoms with Crippen molar-refractivity contribution in [1.82, 2.24) is 5.32 Å². The maximum atomic E-state index is 11.8. The predicted octanol–water partition coefficient (Wildman–Crippen LogP) is 0.183. The van der Waals surface area contributed by atoms with Crippen LogP contribution in [0.5, 0.6) is 0 Å². The van der Waals surface area contributed by atoms with Gasteiger partial charge in [-0.15, -0.1) is 0 Å². The van der Waals surface area contributed by atoms with Crippen LogP contribution in [0.1, 0.15) is 18.4 Å². The minimum Gasteiger partial charge on any atom is -0.345 e. The Morgan fingerprint density at radius 2 is 2.11 bits per heavy atom. The van der Waals surface area contributed by atoms with Gasteiger partial charge in [-0.2, -0.15) is 0 Å². The molecule has 5 heteroatoms. The highest BCUT2D eigenvalue weighted by atomic mass is 16.2. The molecule has 0 aromatic heterocycles. The number of carbonyl (C=O) groups is 2. The molecular weight excluding hydrogens is 242 g/mol. The zero-order valence-electron chi connectivity index (χ0n) is 10.7. The van der Waals surface area contributed by atoms with E-state index < -0.39 is 0 Å². The van der Waals surface area contributed by atoms with Crippen LogP contribution in [-0.2, 0) is 16.0 Å². The van der Waals surface area contributed by atoms with Gasteiger partial charge < -0.3 is 16.0 Å². The summed E-state index contributed by atoms with van der Waals surface area (Å²) in [6.45, 7) is 0.167. The second-order valence-electron chi connectivity index (χ2n) is 5.47. The number of nitrogens with two attached hydrogens (primary N) is 1. The minimum atomic E-state index is -0.123. The number of hydrogen-bond donors (Lipinski definition) is 2. The summed E-state index contributed by atoms with van der Waals surface area (Å²) >= 11 is 0. The first-order valence-corrected chi connectivity index (χ1v) is 6.51. The number of amides is 2. The van der Waals surface area contributed by atoms with Crippen molar-refractivity contribution in [3.05, 3.63) is 29.8 Å². The van der Waals surface area contributed by atoms with Crippen molar-refractivity contribution in [2.24, 2.45) is 5.73 Å². The van der Waals surface area contributed by atoms with Gasteiger partial charge in [0.15, 0.2) is 0 Å². The number of nitrogens with one attached hydrogen (secondary N) is 1. The van der Waals surface area contributed by atoms with Gasteiger partial charge in [0.05, 0.1) is 6.54 Å². The van der Waals surface area contributed by atoms with E-state index in [1.807, 2.05) is 24.3 Å². The molecule has 0 unspecified atom stereocenters. The molecule has 1 aromatic rings. The highest BCUT2D eigenvalue weighted by Gasteiger charge is 2.38. The summed E-state index contributed by atoms with van der Waals surface area (Å²) in [6.07, 6.45) is 2.94. The van der Waals surface area contributed by atoms with E-state index in [1.54, 1.807) is 0 Å². The number of anilines is 1. The third-order valence-electron chi connectivity index (χ3n) is 3.71. The molecular formula is C14H17N3O2. The summed E-state index contributed by atoms with van der Waals surface area (Å²) in [5.41, 5.74) is 7.96. The van der Waals surface area contributed by atoms with E-state index in [-0.39, 0.29) is 30.4 Å². The molecule has 1 saturated heterocycles. The smallest absolute Gasteiger partial charge is 0.246 e. The molecule has 5 nitrogen and oxygen atoms in total. The Hall–Kier alpha value is -1.88. The molecule has 1 heterocycles. The number of hydrogen-bond acceptors (Lipinski definition) is 3.